The SMILES string of the molecule is COc1cccc(CN2CCN([C@H](c3cc4cc(C)c(C)cc4[nH]c3=O)c3nnnn3Cc3ccccc3)CC2)c1. The summed E-state index contributed by atoms with van der Waals surface area (Å²) in [6.45, 7) is 8.80. The molecular weight excluding hydrogens is 514 g/mol. The summed E-state index contributed by atoms with van der Waals surface area (Å²) in [5.74, 6) is 1.54. The lowest BCUT2D eigenvalue weighted by atomic mass is 10.00. The zero-order valence-corrected chi connectivity index (χ0v) is 23.7. The molecule has 9 heteroatoms. The molecule has 1 fully saturated rings. The van der Waals surface area contributed by atoms with Gasteiger partial charge in [0.2, 0.25) is 0 Å². The number of nitrogens with one attached hydrogen (secondary N) is 1. The van der Waals surface area contributed by atoms with Gasteiger partial charge in [0.25, 0.3) is 5.56 Å². The van der Waals surface area contributed by atoms with Gasteiger partial charge in [0.1, 0.15) is 11.8 Å². The molecule has 1 aliphatic rings. The highest BCUT2D eigenvalue weighted by Crippen LogP contribution is 2.29. The summed E-state index contributed by atoms with van der Waals surface area (Å²) >= 11 is 0. The third-order valence-electron chi connectivity index (χ3n) is 8.07. The highest BCUT2D eigenvalue weighted by Gasteiger charge is 2.32. The Bertz CT molecular complexity index is 1700. The maximum atomic E-state index is 13.7. The number of methoxy groups -OCH3 is 1. The number of benzene rings is 3. The topological polar surface area (TPSA) is 92.2 Å². The van der Waals surface area contributed by atoms with Gasteiger partial charge in [-0.1, -0.05) is 42.5 Å². The lowest BCUT2D eigenvalue weighted by Gasteiger charge is -2.38. The second-order valence-electron chi connectivity index (χ2n) is 10.8. The van der Waals surface area contributed by atoms with Gasteiger partial charge in [-0.2, -0.15) is 0 Å². The van der Waals surface area contributed by atoms with Crippen molar-refractivity contribution in [1.29, 1.82) is 0 Å². The summed E-state index contributed by atoms with van der Waals surface area (Å²) in [7, 11) is 1.69. The Kier molecular flexibility index (Phi) is 7.63. The molecule has 1 N–H and O–H groups in total. The summed E-state index contributed by atoms with van der Waals surface area (Å²) in [5.41, 5.74) is 6.04. The fraction of sp³-hybridized carbons (Fsp3) is 0.312. The zero-order chi connectivity index (χ0) is 28.3. The Hall–Kier alpha value is -4.34. The van der Waals surface area contributed by atoms with Crippen LogP contribution in [0.2, 0.25) is 0 Å². The van der Waals surface area contributed by atoms with Gasteiger partial charge < -0.3 is 9.72 Å². The fourth-order valence-electron chi connectivity index (χ4n) is 5.68. The molecule has 6 rings (SSSR count). The van der Waals surface area contributed by atoms with Crippen LogP contribution in [0.25, 0.3) is 10.9 Å². The molecule has 210 valence electrons. The van der Waals surface area contributed by atoms with Crippen molar-refractivity contribution in [3.05, 3.63) is 117 Å². The maximum Gasteiger partial charge on any atom is 0.253 e. The van der Waals surface area contributed by atoms with Crippen LogP contribution < -0.4 is 10.3 Å². The van der Waals surface area contributed by atoms with Gasteiger partial charge in [-0.3, -0.25) is 14.6 Å². The van der Waals surface area contributed by atoms with Crippen molar-refractivity contribution in [3.63, 3.8) is 0 Å². The van der Waals surface area contributed by atoms with Crippen molar-refractivity contribution in [2.24, 2.45) is 0 Å². The van der Waals surface area contributed by atoms with E-state index in [9.17, 15) is 4.79 Å². The molecule has 0 spiro atoms. The minimum Gasteiger partial charge on any atom is -0.497 e. The Morgan fingerprint density at radius 1 is 0.878 bits per heavy atom. The van der Waals surface area contributed by atoms with Crippen LogP contribution in [0.1, 0.15) is 39.7 Å². The molecule has 9 nitrogen and oxygen atoms in total. The first-order valence-electron chi connectivity index (χ1n) is 14.0. The predicted molar refractivity (Wildman–Crippen MR) is 159 cm³/mol. The molecule has 5 aromatic rings. The van der Waals surface area contributed by atoms with Crippen LogP contribution in [0, 0.1) is 13.8 Å². The van der Waals surface area contributed by atoms with Crippen molar-refractivity contribution >= 4 is 10.9 Å². The van der Waals surface area contributed by atoms with Crippen molar-refractivity contribution in [1.82, 2.24) is 35.0 Å². The molecule has 0 amide bonds. The first-order valence-corrected chi connectivity index (χ1v) is 14.0. The molecule has 0 saturated carbocycles. The van der Waals surface area contributed by atoms with E-state index in [4.69, 9.17) is 4.74 Å². The lowest BCUT2D eigenvalue weighted by Crippen LogP contribution is -2.48. The lowest BCUT2D eigenvalue weighted by molar-refractivity contribution is 0.0998. The van der Waals surface area contributed by atoms with Crippen LogP contribution in [0.5, 0.6) is 5.75 Å². The van der Waals surface area contributed by atoms with Gasteiger partial charge >= 0.3 is 0 Å². The third kappa shape index (κ3) is 5.77. The molecule has 0 aliphatic carbocycles. The Morgan fingerprint density at radius 2 is 1.63 bits per heavy atom. The fourth-order valence-corrected chi connectivity index (χ4v) is 5.68. The van der Waals surface area contributed by atoms with E-state index in [0.717, 1.165) is 60.5 Å². The number of H-pyrrole nitrogens is 1. The molecule has 3 aromatic carbocycles. The van der Waals surface area contributed by atoms with E-state index in [1.807, 2.05) is 47.1 Å². The monoisotopic (exact) mass is 549 g/mol. The first-order chi connectivity index (χ1) is 20.0. The highest BCUT2D eigenvalue weighted by atomic mass is 16.5. The summed E-state index contributed by atoms with van der Waals surface area (Å²) in [4.78, 5) is 21.6. The number of rotatable bonds is 8. The van der Waals surface area contributed by atoms with Gasteiger partial charge in [-0.25, -0.2) is 4.68 Å². The standard InChI is InChI=1S/C32H35N7O2/c1-22-16-26-19-28(32(40)33-29(26)17-23(22)2)30(31-34-35-36-39(31)21-24-8-5-4-6-9-24)38-14-12-37(13-15-38)20-25-10-7-11-27(18-25)41-3/h4-11,16-19,30H,12-15,20-21H2,1-3H3,(H,33,40)/t30-/m1/s1. The number of hydrogen-bond acceptors (Lipinski definition) is 7. The number of aromatic nitrogens is 5. The zero-order valence-electron chi connectivity index (χ0n) is 23.7. The second-order valence-corrected chi connectivity index (χ2v) is 10.8. The quantitative estimate of drug-likeness (QED) is 0.312. The Morgan fingerprint density at radius 3 is 2.41 bits per heavy atom. The second kappa shape index (κ2) is 11.6. The number of aromatic amines is 1. The number of hydrogen-bond donors (Lipinski definition) is 1. The molecule has 1 saturated heterocycles. The average molecular weight is 550 g/mol. The number of fused-ring (bicyclic) bond motifs is 1. The van der Waals surface area contributed by atoms with Crippen LogP contribution in [-0.2, 0) is 13.1 Å². The maximum absolute atomic E-state index is 13.7. The van der Waals surface area contributed by atoms with E-state index >= 15 is 0 Å². The van der Waals surface area contributed by atoms with E-state index in [-0.39, 0.29) is 11.6 Å². The molecule has 0 unspecified atom stereocenters. The molecule has 1 atom stereocenters. The number of pyridine rings is 1. The highest BCUT2D eigenvalue weighted by molar-refractivity contribution is 5.81. The van der Waals surface area contributed by atoms with Crippen molar-refractivity contribution in [2.45, 2.75) is 33.0 Å². The predicted octanol–water partition coefficient (Wildman–Crippen LogP) is 4.10. The normalized spacial score (nSPS) is 15.3. The van der Waals surface area contributed by atoms with E-state index in [2.05, 4.69) is 74.5 Å². The van der Waals surface area contributed by atoms with Gasteiger partial charge in [0.15, 0.2) is 5.82 Å². The molecule has 0 radical (unpaired) electrons. The van der Waals surface area contributed by atoms with Crippen molar-refractivity contribution < 1.29 is 4.74 Å². The Balaban J connectivity index is 1.34. The van der Waals surface area contributed by atoms with Crippen LogP contribution >= 0.6 is 0 Å². The van der Waals surface area contributed by atoms with Crippen molar-refractivity contribution in [3.8, 4) is 5.75 Å². The molecular formula is C32H35N7O2. The van der Waals surface area contributed by atoms with Gasteiger partial charge in [-0.15, -0.1) is 5.10 Å². The van der Waals surface area contributed by atoms with Crippen LogP contribution in [0.3, 0.4) is 0 Å². The van der Waals surface area contributed by atoms with Crippen LogP contribution in [0.4, 0.5) is 0 Å². The summed E-state index contributed by atoms with van der Waals surface area (Å²) in [6, 6.07) is 24.2. The minimum absolute atomic E-state index is 0.112. The number of aryl methyl sites for hydroxylation is 2. The van der Waals surface area contributed by atoms with E-state index in [1.54, 1.807) is 7.11 Å². The number of nitrogens with zero attached hydrogens (tertiary/aromatic N) is 6. The number of ether oxygens (including phenoxy) is 1. The van der Waals surface area contributed by atoms with Crippen LogP contribution in [0.15, 0.2) is 77.6 Å². The van der Waals surface area contributed by atoms with Gasteiger partial charge in [0.05, 0.1) is 13.7 Å². The summed E-state index contributed by atoms with van der Waals surface area (Å²) < 4.78 is 7.24. The molecule has 0 bridgehead atoms. The summed E-state index contributed by atoms with van der Waals surface area (Å²) in [5, 5.41) is 13.9. The van der Waals surface area contributed by atoms with E-state index in [0.29, 0.717) is 17.9 Å². The third-order valence-corrected chi connectivity index (χ3v) is 8.07. The van der Waals surface area contributed by atoms with Crippen molar-refractivity contribution in [2.75, 3.05) is 33.3 Å². The molecule has 41 heavy (non-hydrogen) atoms. The minimum atomic E-state index is -0.387. The number of tetrazole rings is 1. The molecule has 2 aromatic heterocycles. The van der Waals surface area contributed by atoms with Gasteiger partial charge in [0, 0.05) is 43.8 Å². The van der Waals surface area contributed by atoms with E-state index < -0.39 is 0 Å². The smallest absolute Gasteiger partial charge is 0.253 e. The molecule has 1 aliphatic heterocycles. The van der Waals surface area contributed by atoms with Gasteiger partial charge in [-0.05, 0) is 82.2 Å². The van der Waals surface area contributed by atoms with Crippen LogP contribution in [-0.4, -0.2) is 68.3 Å². The summed E-state index contributed by atoms with van der Waals surface area (Å²) in [6.07, 6.45) is 0. The molecule has 3 heterocycles. The Labute approximate surface area is 239 Å². The first kappa shape index (κ1) is 26.9. The average Bonchev–Trinajstić information content (AvgIpc) is 3.43. The number of piperazine rings is 1. The largest absolute Gasteiger partial charge is 0.497 e. The van der Waals surface area contributed by atoms with E-state index in [1.165, 1.54) is 11.1 Å².